The molecule has 3 rings (SSSR count). The average Bonchev–Trinajstić information content (AvgIpc) is 2.96. The van der Waals surface area contributed by atoms with Crippen molar-refractivity contribution < 1.29 is 13.2 Å². The van der Waals surface area contributed by atoms with Gasteiger partial charge in [0.05, 0.1) is 26.8 Å². The van der Waals surface area contributed by atoms with Gasteiger partial charge in [0.2, 0.25) is 15.9 Å². The fourth-order valence-electron chi connectivity index (χ4n) is 3.58. The summed E-state index contributed by atoms with van der Waals surface area (Å²) in [4.78, 5) is 14.8. The third kappa shape index (κ3) is 4.57. The lowest BCUT2D eigenvalue weighted by Crippen LogP contribution is -2.50. The van der Waals surface area contributed by atoms with E-state index in [-0.39, 0.29) is 11.9 Å². The highest BCUT2D eigenvalue weighted by Gasteiger charge is 2.30. The molecular formula is C20H27BrN4O3S. The maximum absolute atomic E-state index is 12.8. The fourth-order valence-corrected chi connectivity index (χ4v) is 5.26. The molecule has 2 aromatic rings. The van der Waals surface area contributed by atoms with E-state index in [1.54, 1.807) is 29.2 Å². The first-order valence-corrected chi connectivity index (χ1v) is 11.9. The highest BCUT2D eigenvalue weighted by molar-refractivity contribution is 9.10. The Hall–Kier alpha value is -1.71. The fraction of sp³-hybridized carbons (Fsp3) is 0.500. The number of benzene rings is 1. The van der Waals surface area contributed by atoms with Crippen molar-refractivity contribution in [3.05, 3.63) is 45.7 Å². The molecule has 0 spiro atoms. The van der Waals surface area contributed by atoms with Crippen LogP contribution in [-0.2, 0) is 14.8 Å². The maximum atomic E-state index is 12.8. The van der Waals surface area contributed by atoms with Crippen LogP contribution in [0.3, 0.4) is 0 Å². The van der Waals surface area contributed by atoms with Crippen molar-refractivity contribution >= 4 is 31.9 Å². The van der Waals surface area contributed by atoms with E-state index in [4.69, 9.17) is 0 Å². The van der Waals surface area contributed by atoms with Crippen LogP contribution in [-0.4, -0.2) is 59.5 Å². The first kappa shape index (κ1) is 22.0. The highest BCUT2D eigenvalue weighted by Crippen LogP contribution is 2.25. The van der Waals surface area contributed by atoms with Gasteiger partial charge in [-0.15, -0.1) is 0 Å². The smallest absolute Gasteiger partial charge is 0.243 e. The summed E-state index contributed by atoms with van der Waals surface area (Å²) in [5.74, 6) is 0.0218. The molecule has 0 radical (unpaired) electrons. The molecule has 0 saturated carbocycles. The van der Waals surface area contributed by atoms with Crippen LogP contribution in [0.5, 0.6) is 0 Å². The van der Waals surface area contributed by atoms with Gasteiger partial charge >= 0.3 is 0 Å². The van der Waals surface area contributed by atoms with E-state index in [2.05, 4.69) is 21.0 Å². The van der Waals surface area contributed by atoms with Crippen LogP contribution in [0.25, 0.3) is 0 Å². The Morgan fingerprint density at radius 1 is 1.10 bits per heavy atom. The minimum atomic E-state index is -3.53. The quantitative estimate of drug-likeness (QED) is 0.655. The molecule has 2 heterocycles. The Balaban J connectivity index is 1.60. The zero-order valence-electron chi connectivity index (χ0n) is 17.2. The average molecular weight is 483 g/mol. The number of aromatic nitrogens is 2. The SMILES string of the molecule is Cc1ccc(S(=O)(=O)N2CCN(C(=O)CC(C)n3nc(C)c(Br)c3C)CC2)cc1. The first-order chi connectivity index (χ1) is 13.6. The van der Waals surface area contributed by atoms with Crippen LogP contribution in [0.2, 0.25) is 0 Å². The molecule has 7 nitrogen and oxygen atoms in total. The van der Waals surface area contributed by atoms with Gasteiger partial charge in [-0.05, 0) is 55.8 Å². The summed E-state index contributed by atoms with van der Waals surface area (Å²) in [5, 5.41) is 4.50. The Labute approximate surface area is 180 Å². The van der Waals surface area contributed by atoms with Crippen molar-refractivity contribution in [2.45, 2.75) is 45.1 Å². The van der Waals surface area contributed by atoms with Gasteiger partial charge in [-0.1, -0.05) is 17.7 Å². The van der Waals surface area contributed by atoms with Gasteiger partial charge in [-0.3, -0.25) is 9.48 Å². The van der Waals surface area contributed by atoms with Crippen molar-refractivity contribution in [3.8, 4) is 0 Å². The number of sulfonamides is 1. The molecule has 1 aliphatic heterocycles. The zero-order valence-corrected chi connectivity index (χ0v) is 19.6. The highest BCUT2D eigenvalue weighted by atomic mass is 79.9. The van der Waals surface area contributed by atoms with Crippen LogP contribution < -0.4 is 0 Å². The van der Waals surface area contributed by atoms with E-state index >= 15 is 0 Å². The molecule has 29 heavy (non-hydrogen) atoms. The molecule has 9 heteroatoms. The van der Waals surface area contributed by atoms with E-state index in [1.165, 1.54) is 4.31 Å². The van der Waals surface area contributed by atoms with Crippen LogP contribution in [0, 0.1) is 20.8 Å². The predicted octanol–water partition coefficient (Wildman–Crippen LogP) is 3.06. The summed E-state index contributed by atoms with van der Waals surface area (Å²) < 4.78 is 29.9. The second-order valence-electron chi connectivity index (χ2n) is 7.58. The number of carbonyl (C=O) groups excluding carboxylic acids is 1. The lowest BCUT2D eigenvalue weighted by molar-refractivity contribution is -0.133. The van der Waals surface area contributed by atoms with Crippen LogP contribution in [0.4, 0.5) is 0 Å². The number of carbonyl (C=O) groups is 1. The van der Waals surface area contributed by atoms with E-state index in [1.807, 2.05) is 32.4 Å². The van der Waals surface area contributed by atoms with Gasteiger partial charge in [0, 0.05) is 32.6 Å². The van der Waals surface area contributed by atoms with Crippen molar-refractivity contribution in [1.29, 1.82) is 0 Å². The minimum absolute atomic E-state index is 0.0218. The Kier molecular flexibility index (Phi) is 6.50. The van der Waals surface area contributed by atoms with E-state index < -0.39 is 10.0 Å². The molecule has 1 aliphatic rings. The Bertz CT molecular complexity index is 993. The molecule has 1 fully saturated rings. The van der Waals surface area contributed by atoms with E-state index in [0.717, 1.165) is 21.4 Å². The first-order valence-electron chi connectivity index (χ1n) is 9.67. The molecule has 0 bridgehead atoms. The molecule has 158 valence electrons. The molecule has 0 N–H and O–H groups in total. The second-order valence-corrected chi connectivity index (χ2v) is 10.3. The molecule has 1 aromatic heterocycles. The number of hydrogen-bond acceptors (Lipinski definition) is 4. The summed E-state index contributed by atoms with van der Waals surface area (Å²) in [5.41, 5.74) is 2.91. The number of rotatable bonds is 5. The van der Waals surface area contributed by atoms with Crippen LogP contribution in [0.15, 0.2) is 33.6 Å². The normalized spacial score (nSPS) is 16.8. The summed E-state index contributed by atoms with van der Waals surface area (Å²) in [6, 6.07) is 6.80. The third-order valence-electron chi connectivity index (χ3n) is 5.37. The van der Waals surface area contributed by atoms with Crippen molar-refractivity contribution in [1.82, 2.24) is 19.0 Å². The van der Waals surface area contributed by atoms with Crippen LogP contribution >= 0.6 is 15.9 Å². The van der Waals surface area contributed by atoms with Crippen LogP contribution in [0.1, 0.15) is 36.3 Å². The van der Waals surface area contributed by atoms with E-state index in [9.17, 15) is 13.2 Å². The molecule has 1 unspecified atom stereocenters. The van der Waals surface area contributed by atoms with Gasteiger partial charge in [-0.25, -0.2) is 8.42 Å². The van der Waals surface area contributed by atoms with Crippen molar-refractivity contribution in [3.63, 3.8) is 0 Å². The second kappa shape index (κ2) is 8.57. The largest absolute Gasteiger partial charge is 0.340 e. The number of halogens is 1. The molecule has 0 aliphatic carbocycles. The predicted molar refractivity (Wildman–Crippen MR) is 115 cm³/mol. The third-order valence-corrected chi connectivity index (χ3v) is 8.43. The van der Waals surface area contributed by atoms with Gasteiger partial charge in [0.25, 0.3) is 0 Å². The van der Waals surface area contributed by atoms with E-state index in [0.29, 0.717) is 37.5 Å². The lowest BCUT2D eigenvalue weighted by atomic mass is 10.2. The Morgan fingerprint density at radius 3 is 2.21 bits per heavy atom. The summed E-state index contributed by atoms with van der Waals surface area (Å²) in [6.45, 7) is 9.21. The van der Waals surface area contributed by atoms with Gasteiger partial charge in [0.15, 0.2) is 0 Å². The maximum Gasteiger partial charge on any atom is 0.243 e. The molecule has 1 amide bonds. The number of piperazine rings is 1. The number of amides is 1. The topological polar surface area (TPSA) is 75.5 Å². The van der Waals surface area contributed by atoms with Crippen molar-refractivity contribution in [2.75, 3.05) is 26.2 Å². The van der Waals surface area contributed by atoms with Gasteiger partial charge in [0.1, 0.15) is 0 Å². The molecule has 1 saturated heterocycles. The zero-order chi connectivity index (χ0) is 21.3. The summed E-state index contributed by atoms with van der Waals surface area (Å²) in [6.07, 6.45) is 0.332. The number of nitrogens with zero attached hydrogens (tertiary/aromatic N) is 4. The summed E-state index contributed by atoms with van der Waals surface area (Å²) in [7, 11) is -3.53. The molecule has 1 atom stereocenters. The number of aryl methyl sites for hydroxylation is 2. The lowest BCUT2D eigenvalue weighted by Gasteiger charge is -2.34. The monoisotopic (exact) mass is 482 g/mol. The summed E-state index contributed by atoms with van der Waals surface area (Å²) >= 11 is 3.52. The number of hydrogen-bond donors (Lipinski definition) is 0. The molecular weight excluding hydrogens is 456 g/mol. The Morgan fingerprint density at radius 2 is 1.69 bits per heavy atom. The van der Waals surface area contributed by atoms with Gasteiger partial charge in [-0.2, -0.15) is 9.40 Å². The standard InChI is InChI=1S/C20H27BrN4O3S/c1-14-5-7-18(8-6-14)29(27,28)24-11-9-23(10-12-24)19(26)13-15(2)25-17(4)20(21)16(3)22-25/h5-8,15H,9-13H2,1-4H3. The van der Waals surface area contributed by atoms with Gasteiger partial charge < -0.3 is 4.90 Å². The molecule has 1 aromatic carbocycles. The minimum Gasteiger partial charge on any atom is -0.340 e. The van der Waals surface area contributed by atoms with Crippen molar-refractivity contribution in [2.24, 2.45) is 0 Å².